The molecule has 2 heterocycles. The second-order valence-electron chi connectivity index (χ2n) is 6.30. The zero-order valence-electron chi connectivity index (χ0n) is 14.0. The smallest absolute Gasteiger partial charge is 0.265 e. The zero-order valence-corrected chi connectivity index (χ0v) is 14.0. The van der Waals surface area contributed by atoms with Gasteiger partial charge in [0.1, 0.15) is 5.75 Å². The molecule has 1 aromatic rings. The summed E-state index contributed by atoms with van der Waals surface area (Å²) in [4.78, 5) is 28.1. The first-order valence-corrected chi connectivity index (χ1v) is 8.75. The Labute approximate surface area is 142 Å². The van der Waals surface area contributed by atoms with Crippen LogP contribution in [-0.4, -0.2) is 56.0 Å². The monoisotopic (exact) mass is 331 g/mol. The summed E-state index contributed by atoms with van der Waals surface area (Å²) in [6, 6.07) is 7.52. The van der Waals surface area contributed by atoms with Crippen LogP contribution < -0.4 is 15.0 Å². The van der Waals surface area contributed by atoms with Crippen LogP contribution in [0.25, 0.3) is 0 Å². The van der Waals surface area contributed by atoms with Crippen LogP contribution in [0.1, 0.15) is 25.7 Å². The van der Waals surface area contributed by atoms with Gasteiger partial charge in [-0.1, -0.05) is 12.1 Å². The lowest BCUT2D eigenvalue weighted by molar-refractivity contribution is -0.122. The summed E-state index contributed by atoms with van der Waals surface area (Å²) >= 11 is 0. The number of para-hydroxylation sites is 2. The highest BCUT2D eigenvalue weighted by Gasteiger charge is 2.24. The molecule has 6 heteroatoms. The first kappa shape index (κ1) is 16.8. The predicted octanol–water partition coefficient (Wildman–Crippen LogP) is 1.40. The molecule has 0 bridgehead atoms. The summed E-state index contributed by atoms with van der Waals surface area (Å²) in [5.74, 6) is 0.735. The van der Waals surface area contributed by atoms with Crippen LogP contribution in [-0.2, 0) is 9.59 Å². The number of rotatable bonds is 7. The number of ether oxygens (including phenoxy) is 1. The van der Waals surface area contributed by atoms with Gasteiger partial charge in [0.2, 0.25) is 5.91 Å². The fourth-order valence-corrected chi connectivity index (χ4v) is 3.24. The first-order valence-electron chi connectivity index (χ1n) is 8.75. The Bertz CT molecular complexity index is 585. The molecule has 2 aliphatic heterocycles. The molecule has 0 unspecified atom stereocenters. The van der Waals surface area contributed by atoms with Crippen LogP contribution in [0.2, 0.25) is 0 Å². The molecule has 2 amide bonds. The summed E-state index contributed by atoms with van der Waals surface area (Å²) in [6.07, 6.45) is 3.62. The number of hydrogen-bond donors (Lipinski definition) is 1. The molecule has 0 aromatic heterocycles. The van der Waals surface area contributed by atoms with Crippen LogP contribution in [0.3, 0.4) is 0 Å². The van der Waals surface area contributed by atoms with Crippen molar-refractivity contribution in [1.29, 1.82) is 0 Å². The van der Waals surface area contributed by atoms with Crippen molar-refractivity contribution in [2.75, 3.05) is 44.2 Å². The van der Waals surface area contributed by atoms with E-state index < -0.39 is 0 Å². The molecule has 1 saturated heterocycles. The van der Waals surface area contributed by atoms with Crippen molar-refractivity contribution in [3.8, 4) is 5.75 Å². The molecule has 130 valence electrons. The fourth-order valence-electron chi connectivity index (χ4n) is 3.24. The molecule has 3 rings (SSSR count). The summed E-state index contributed by atoms with van der Waals surface area (Å²) < 4.78 is 5.42. The van der Waals surface area contributed by atoms with Gasteiger partial charge in [-0.3, -0.25) is 9.59 Å². The molecule has 0 radical (unpaired) electrons. The van der Waals surface area contributed by atoms with E-state index >= 15 is 0 Å². The van der Waals surface area contributed by atoms with Gasteiger partial charge < -0.3 is 19.9 Å². The maximum absolute atomic E-state index is 12.0. The van der Waals surface area contributed by atoms with Crippen LogP contribution in [0, 0.1) is 0 Å². The molecule has 2 aliphatic rings. The van der Waals surface area contributed by atoms with Gasteiger partial charge in [-0.05, 0) is 44.5 Å². The van der Waals surface area contributed by atoms with E-state index in [1.807, 2.05) is 24.3 Å². The molecule has 1 aromatic carbocycles. The van der Waals surface area contributed by atoms with Gasteiger partial charge in [0, 0.05) is 26.1 Å². The minimum atomic E-state index is -0.0526. The second-order valence-corrected chi connectivity index (χ2v) is 6.30. The molecule has 0 atom stereocenters. The Hall–Kier alpha value is -2.08. The van der Waals surface area contributed by atoms with Crippen LogP contribution in [0.15, 0.2) is 24.3 Å². The van der Waals surface area contributed by atoms with Crippen LogP contribution in [0.4, 0.5) is 5.69 Å². The predicted molar refractivity (Wildman–Crippen MR) is 92.2 cm³/mol. The molecular formula is C18H25N3O3. The van der Waals surface area contributed by atoms with Gasteiger partial charge in [-0.2, -0.15) is 0 Å². The number of carbonyl (C=O) groups excluding carboxylic acids is 2. The Balaban J connectivity index is 1.39. The summed E-state index contributed by atoms with van der Waals surface area (Å²) in [6.45, 7) is 4.54. The van der Waals surface area contributed by atoms with E-state index in [1.54, 1.807) is 4.90 Å². The number of carbonyl (C=O) groups is 2. The van der Waals surface area contributed by atoms with Crippen molar-refractivity contribution >= 4 is 17.5 Å². The van der Waals surface area contributed by atoms with E-state index in [9.17, 15) is 9.59 Å². The SMILES string of the molecule is O=C(CCCN1C(=O)COc2ccccc21)NCCN1CCCC1. The van der Waals surface area contributed by atoms with E-state index in [0.717, 1.165) is 31.1 Å². The maximum atomic E-state index is 12.0. The Morgan fingerprint density at radius 3 is 2.79 bits per heavy atom. The van der Waals surface area contributed by atoms with Gasteiger partial charge in [-0.15, -0.1) is 0 Å². The van der Waals surface area contributed by atoms with Gasteiger partial charge in [-0.25, -0.2) is 0 Å². The first-order chi connectivity index (χ1) is 11.7. The third kappa shape index (κ3) is 4.26. The largest absolute Gasteiger partial charge is 0.482 e. The molecular weight excluding hydrogens is 306 g/mol. The Kier molecular flexibility index (Phi) is 5.69. The number of hydrogen-bond acceptors (Lipinski definition) is 4. The van der Waals surface area contributed by atoms with Gasteiger partial charge in [0.15, 0.2) is 6.61 Å². The minimum Gasteiger partial charge on any atom is -0.482 e. The minimum absolute atomic E-state index is 0.0526. The molecule has 24 heavy (non-hydrogen) atoms. The van der Waals surface area contributed by atoms with E-state index in [2.05, 4.69) is 10.2 Å². The number of anilines is 1. The van der Waals surface area contributed by atoms with Crippen molar-refractivity contribution in [2.45, 2.75) is 25.7 Å². The van der Waals surface area contributed by atoms with Crippen molar-refractivity contribution in [3.63, 3.8) is 0 Å². The highest BCUT2D eigenvalue weighted by Crippen LogP contribution is 2.31. The van der Waals surface area contributed by atoms with Crippen molar-refractivity contribution in [2.24, 2.45) is 0 Å². The van der Waals surface area contributed by atoms with Crippen LogP contribution in [0.5, 0.6) is 5.75 Å². The zero-order chi connectivity index (χ0) is 16.8. The lowest BCUT2D eigenvalue weighted by Crippen LogP contribution is -2.40. The fraction of sp³-hybridized carbons (Fsp3) is 0.556. The normalized spacial score (nSPS) is 17.5. The molecule has 1 N–H and O–H groups in total. The summed E-state index contributed by atoms with van der Waals surface area (Å²) in [5.41, 5.74) is 0.795. The molecule has 0 spiro atoms. The van der Waals surface area contributed by atoms with Gasteiger partial charge in [0.05, 0.1) is 5.69 Å². The highest BCUT2D eigenvalue weighted by molar-refractivity contribution is 5.97. The summed E-state index contributed by atoms with van der Waals surface area (Å²) in [5, 5.41) is 2.97. The van der Waals surface area contributed by atoms with Crippen molar-refractivity contribution < 1.29 is 14.3 Å². The van der Waals surface area contributed by atoms with Crippen molar-refractivity contribution in [3.05, 3.63) is 24.3 Å². The van der Waals surface area contributed by atoms with Gasteiger partial charge in [0.25, 0.3) is 5.91 Å². The average molecular weight is 331 g/mol. The highest BCUT2D eigenvalue weighted by atomic mass is 16.5. The number of benzene rings is 1. The van der Waals surface area contributed by atoms with E-state index in [0.29, 0.717) is 25.9 Å². The molecule has 0 saturated carbocycles. The third-order valence-corrected chi connectivity index (χ3v) is 4.54. The number of nitrogens with one attached hydrogen (secondary N) is 1. The second kappa shape index (κ2) is 8.15. The summed E-state index contributed by atoms with van der Waals surface area (Å²) in [7, 11) is 0. The lowest BCUT2D eigenvalue weighted by Gasteiger charge is -2.29. The topological polar surface area (TPSA) is 61.9 Å². The average Bonchev–Trinajstić information content (AvgIpc) is 3.10. The standard InChI is InChI=1S/C18H25N3O3/c22-17(19-9-13-20-10-3-4-11-20)8-5-12-21-15-6-1-2-7-16(15)24-14-18(21)23/h1-2,6-7H,3-5,8-14H2,(H,19,22). The van der Waals surface area contributed by atoms with E-state index in [4.69, 9.17) is 4.74 Å². The quantitative estimate of drug-likeness (QED) is 0.820. The van der Waals surface area contributed by atoms with Gasteiger partial charge >= 0.3 is 0 Å². The number of amides is 2. The molecule has 6 nitrogen and oxygen atoms in total. The number of likely N-dealkylation sites (tertiary alicyclic amines) is 1. The molecule has 0 aliphatic carbocycles. The Morgan fingerprint density at radius 2 is 1.96 bits per heavy atom. The van der Waals surface area contributed by atoms with Crippen molar-refractivity contribution in [1.82, 2.24) is 10.2 Å². The van der Waals surface area contributed by atoms with E-state index in [-0.39, 0.29) is 18.4 Å². The number of fused-ring (bicyclic) bond motifs is 1. The van der Waals surface area contributed by atoms with Crippen LogP contribution >= 0.6 is 0 Å². The number of nitrogens with zero attached hydrogens (tertiary/aromatic N) is 2. The lowest BCUT2D eigenvalue weighted by atomic mass is 10.2. The van der Waals surface area contributed by atoms with E-state index in [1.165, 1.54) is 12.8 Å². The Morgan fingerprint density at radius 1 is 1.17 bits per heavy atom. The molecule has 1 fully saturated rings. The third-order valence-electron chi connectivity index (χ3n) is 4.54. The maximum Gasteiger partial charge on any atom is 0.265 e.